The van der Waals surface area contributed by atoms with Crippen molar-refractivity contribution in [2.24, 2.45) is 5.92 Å². The monoisotopic (exact) mass is 396 g/mol. The summed E-state index contributed by atoms with van der Waals surface area (Å²) in [6.45, 7) is 3.96. The van der Waals surface area contributed by atoms with Gasteiger partial charge in [-0.05, 0) is 23.6 Å². The highest BCUT2D eigenvalue weighted by atomic mass is 19.1. The van der Waals surface area contributed by atoms with Gasteiger partial charge in [0.1, 0.15) is 11.3 Å². The molecule has 0 radical (unpaired) electrons. The lowest BCUT2D eigenvalue weighted by Crippen LogP contribution is -2.23. The molecule has 0 spiro atoms. The molecule has 4 aromatic rings. The first-order chi connectivity index (χ1) is 13.8. The first kappa shape index (κ1) is 18.5. The molecule has 0 aliphatic heterocycles. The molecular formula is C19H17FN6O3. The molecular weight excluding hydrogens is 379 g/mol. The number of nitrogens with one attached hydrogen (secondary N) is 1. The Balaban J connectivity index is 1.83. The Labute approximate surface area is 163 Å². The van der Waals surface area contributed by atoms with Gasteiger partial charge in [0, 0.05) is 6.20 Å². The number of benzene rings is 1. The van der Waals surface area contributed by atoms with Crippen LogP contribution in [0, 0.1) is 11.7 Å². The van der Waals surface area contributed by atoms with Gasteiger partial charge in [-0.1, -0.05) is 26.0 Å². The maximum atomic E-state index is 13.3. The van der Waals surface area contributed by atoms with Gasteiger partial charge in [-0.2, -0.15) is 10.2 Å². The van der Waals surface area contributed by atoms with Crippen LogP contribution in [0.1, 0.15) is 35.8 Å². The normalized spacial score (nSPS) is 12.6. The molecule has 0 saturated heterocycles. The summed E-state index contributed by atoms with van der Waals surface area (Å²) in [5.74, 6) is -1.33. The van der Waals surface area contributed by atoms with Gasteiger partial charge in [-0.3, -0.25) is 9.78 Å². The number of halogens is 1. The van der Waals surface area contributed by atoms with Crippen molar-refractivity contribution in [1.29, 1.82) is 0 Å². The molecule has 1 aromatic carbocycles. The third-order valence-corrected chi connectivity index (χ3v) is 4.60. The van der Waals surface area contributed by atoms with Crippen LogP contribution in [0.4, 0.5) is 4.39 Å². The molecule has 9 nitrogen and oxygen atoms in total. The summed E-state index contributed by atoms with van der Waals surface area (Å²) in [4.78, 5) is 30.9. The van der Waals surface area contributed by atoms with Crippen LogP contribution >= 0.6 is 0 Å². The minimum Gasteiger partial charge on any atom is -0.478 e. The summed E-state index contributed by atoms with van der Waals surface area (Å²) in [5.41, 5.74) is 0.946. The van der Waals surface area contributed by atoms with E-state index in [2.05, 4.69) is 20.2 Å². The molecule has 1 unspecified atom stereocenters. The van der Waals surface area contributed by atoms with Gasteiger partial charge in [0.2, 0.25) is 5.95 Å². The first-order valence-electron chi connectivity index (χ1n) is 8.86. The maximum absolute atomic E-state index is 13.3. The van der Waals surface area contributed by atoms with Crippen molar-refractivity contribution in [3.05, 3.63) is 70.2 Å². The van der Waals surface area contributed by atoms with Crippen LogP contribution in [-0.4, -0.2) is 40.6 Å². The molecule has 0 saturated carbocycles. The second-order valence-electron chi connectivity index (χ2n) is 6.93. The van der Waals surface area contributed by atoms with Crippen molar-refractivity contribution >= 4 is 17.0 Å². The second kappa shape index (κ2) is 6.97. The van der Waals surface area contributed by atoms with E-state index in [0.29, 0.717) is 5.52 Å². The summed E-state index contributed by atoms with van der Waals surface area (Å²) in [5, 5.41) is 17.3. The molecule has 0 fully saturated rings. The number of fused-ring (bicyclic) bond motifs is 1. The van der Waals surface area contributed by atoms with Crippen molar-refractivity contribution in [2.45, 2.75) is 19.9 Å². The largest absolute Gasteiger partial charge is 0.478 e. The second-order valence-corrected chi connectivity index (χ2v) is 6.93. The quantitative estimate of drug-likeness (QED) is 0.535. The highest BCUT2D eigenvalue weighted by Gasteiger charge is 2.23. The predicted molar refractivity (Wildman–Crippen MR) is 102 cm³/mol. The lowest BCUT2D eigenvalue weighted by Gasteiger charge is -2.22. The average molecular weight is 396 g/mol. The van der Waals surface area contributed by atoms with Crippen LogP contribution in [0.2, 0.25) is 0 Å². The van der Waals surface area contributed by atoms with E-state index in [1.807, 2.05) is 13.8 Å². The molecule has 3 heterocycles. The zero-order valence-corrected chi connectivity index (χ0v) is 15.6. The standard InChI is InChI=1S/C19H17FN6O3/c1-10(2)15(11-3-5-13(20)6-4-11)26-16-14(8-22-26)23-19(24-17(16)27)25-9-12(7-21-25)18(28)29/h3-10,15H,1-2H3,(H,28,29)(H,23,24,27). The number of aromatic amines is 1. The average Bonchev–Trinajstić information content (AvgIpc) is 3.31. The molecule has 10 heteroatoms. The zero-order valence-electron chi connectivity index (χ0n) is 15.6. The van der Waals surface area contributed by atoms with E-state index >= 15 is 0 Å². The number of aromatic nitrogens is 6. The van der Waals surface area contributed by atoms with E-state index < -0.39 is 11.5 Å². The van der Waals surface area contributed by atoms with Crippen molar-refractivity contribution in [3.63, 3.8) is 0 Å². The number of carboxylic acids is 1. The summed E-state index contributed by atoms with van der Waals surface area (Å²) < 4.78 is 16.1. The highest BCUT2D eigenvalue weighted by molar-refractivity contribution is 5.87. The fraction of sp³-hybridized carbons (Fsp3) is 0.211. The Kier molecular flexibility index (Phi) is 4.45. The Morgan fingerprint density at radius 2 is 1.90 bits per heavy atom. The number of carbonyl (C=O) groups is 1. The van der Waals surface area contributed by atoms with Crippen LogP contribution in [0.3, 0.4) is 0 Å². The fourth-order valence-corrected chi connectivity index (χ4v) is 3.30. The molecule has 29 heavy (non-hydrogen) atoms. The van der Waals surface area contributed by atoms with Crippen molar-refractivity contribution < 1.29 is 14.3 Å². The molecule has 0 amide bonds. The summed E-state index contributed by atoms with van der Waals surface area (Å²) >= 11 is 0. The minimum absolute atomic E-state index is 0.0281. The van der Waals surface area contributed by atoms with E-state index in [0.717, 1.165) is 5.56 Å². The van der Waals surface area contributed by atoms with Crippen LogP contribution in [0.5, 0.6) is 0 Å². The van der Waals surface area contributed by atoms with Gasteiger partial charge in [0.25, 0.3) is 5.56 Å². The van der Waals surface area contributed by atoms with E-state index in [4.69, 9.17) is 5.11 Å². The summed E-state index contributed by atoms with van der Waals surface area (Å²) in [6, 6.07) is 5.77. The highest BCUT2D eigenvalue weighted by Crippen LogP contribution is 2.28. The van der Waals surface area contributed by atoms with E-state index in [-0.39, 0.29) is 34.8 Å². The molecule has 2 N–H and O–H groups in total. The Bertz CT molecular complexity index is 1260. The lowest BCUT2D eigenvalue weighted by atomic mass is 9.96. The third kappa shape index (κ3) is 3.28. The molecule has 0 aliphatic carbocycles. The third-order valence-electron chi connectivity index (χ3n) is 4.60. The molecule has 3 aromatic heterocycles. The first-order valence-corrected chi connectivity index (χ1v) is 8.86. The van der Waals surface area contributed by atoms with Gasteiger partial charge in [0.05, 0.1) is 24.0 Å². The summed E-state index contributed by atoms with van der Waals surface area (Å²) in [6.07, 6.45) is 3.89. The van der Waals surface area contributed by atoms with E-state index in [1.165, 1.54) is 35.4 Å². The Hall–Kier alpha value is -3.82. The smallest absolute Gasteiger partial charge is 0.338 e. The van der Waals surface area contributed by atoms with Gasteiger partial charge in [0.15, 0.2) is 5.52 Å². The van der Waals surface area contributed by atoms with Crippen LogP contribution in [-0.2, 0) is 0 Å². The summed E-state index contributed by atoms with van der Waals surface area (Å²) in [7, 11) is 0. The number of H-pyrrole nitrogens is 1. The van der Waals surface area contributed by atoms with Crippen molar-refractivity contribution in [1.82, 2.24) is 29.5 Å². The van der Waals surface area contributed by atoms with Gasteiger partial charge < -0.3 is 5.11 Å². The van der Waals surface area contributed by atoms with Gasteiger partial charge >= 0.3 is 5.97 Å². The number of nitrogens with zero attached hydrogens (tertiary/aromatic N) is 5. The maximum Gasteiger partial charge on any atom is 0.338 e. The van der Waals surface area contributed by atoms with Crippen LogP contribution in [0.15, 0.2) is 47.7 Å². The zero-order chi connectivity index (χ0) is 20.7. The van der Waals surface area contributed by atoms with Crippen molar-refractivity contribution in [2.75, 3.05) is 0 Å². The van der Waals surface area contributed by atoms with Gasteiger partial charge in [-0.25, -0.2) is 23.5 Å². The number of hydrogen-bond donors (Lipinski definition) is 2. The van der Waals surface area contributed by atoms with Gasteiger partial charge in [-0.15, -0.1) is 0 Å². The molecule has 1 atom stereocenters. The molecule has 0 bridgehead atoms. The van der Waals surface area contributed by atoms with E-state index in [9.17, 15) is 14.0 Å². The van der Waals surface area contributed by atoms with Crippen molar-refractivity contribution in [3.8, 4) is 5.95 Å². The lowest BCUT2D eigenvalue weighted by molar-refractivity contribution is 0.0697. The predicted octanol–water partition coefficient (Wildman–Crippen LogP) is 2.39. The number of rotatable bonds is 5. The minimum atomic E-state index is -1.13. The Morgan fingerprint density at radius 3 is 2.52 bits per heavy atom. The SMILES string of the molecule is CC(C)C(c1ccc(F)cc1)n1ncc2nc(-n3cc(C(=O)O)cn3)[nH]c(=O)c21. The topological polar surface area (TPSA) is 119 Å². The van der Waals surface area contributed by atoms with Crippen LogP contribution < -0.4 is 5.56 Å². The number of hydrogen-bond acceptors (Lipinski definition) is 5. The fourth-order valence-electron chi connectivity index (χ4n) is 3.30. The van der Waals surface area contributed by atoms with E-state index in [1.54, 1.807) is 16.8 Å². The molecule has 0 aliphatic rings. The molecule has 4 rings (SSSR count). The van der Waals surface area contributed by atoms with Crippen LogP contribution in [0.25, 0.3) is 17.0 Å². The number of aromatic carboxylic acids is 1. The number of carboxylic acid groups (broad SMARTS) is 1. The Morgan fingerprint density at radius 1 is 1.17 bits per heavy atom. The molecule has 148 valence electrons.